The predicted octanol–water partition coefficient (Wildman–Crippen LogP) is 0.318. The number of sulfonamides is 1. The molecule has 0 aliphatic heterocycles. The molecule has 2 rings (SSSR count). The maximum absolute atomic E-state index is 11.5. The number of nitrogens with one attached hydrogen (secondary N) is 1. The van der Waals surface area contributed by atoms with Crippen molar-refractivity contribution in [3.63, 3.8) is 0 Å². The van der Waals surface area contributed by atoms with Crippen LogP contribution in [0.4, 0.5) is 11.4 Å². The van der Waals surface area contributed by atoms with Gasteiger partial charge in [0.15, 0.2) is 0 Å². The average Bonchev–Trinajstić information content (AvgIpc) is 2.37. The van der Waals surface area contributed by atoms with Crippen LogP contribution in [0.5, 0.6) is 0 Å². The first-order valence-corrected chi connectivity index (χ1v) is 6.92. The fourth-order valence-electron chi connectivity index (χ4n) is 1.53. The number of hydrogen-bond acceptors (Lipinski definition) is 6. The van der Waals surface area contributed by atoms with Gasteiger partial charge in [-0.05, 0) is 24.3 Å². The molecule has 0 atom stereocenters. The van der Waals surface area contributed by atoms with Crippen LogP contribution in [0, 0.1) is 0 Å². The van der Waals surface area contributed by atoms with Gasteiger partial charge >= 0.3 is 0 Å². The van der Waals surface area contributed by atoms with Crippen molar-refractivity contribution in [2.75, 3.05) is 11.1 Å². The summed E-state index contributed by atoms with van der Waals surface area (Å²) in [6.07, 6.45) is 3.02. The maximum atomic E-state index is 11.5. The lowest BCUT2D eigenvalue weighted by Gasteiger charge is -2.11. The first-order chi connectivity index (χ1) is 8.97. The summed E-state index contributed by atoms with van der Waals surface area (Å²) in [5.41, 5.74) is 7.01. The number of nitrogen functional groups attached to an aromatic ring is 1. The largest absolute Gasteiger partial charge is 0.399 e. The fraction of sp³-hybridized carbons (Fsp3) is 0.0909. The molecule has 8 heteroatoms. The molecule has 0 saturated carbocycles. The van der Waals surface area contributed by atoms with Crippen LogP contribution in [0.3, 0.4) is 0 Å². The third-order valence-electron chi connectivity index (χ3n) is 2.42. The van der Waals surface area contributed by atoms with E-state index in [1.807, 2.05) is 0 Å². The molecule has 1 aromatic heterocycles. The summed E-state index contributed by atoms with van der Waals surface area (Å²) in [4.78, 5) is 7.78. The number of benzene rings is 1. The van der Waals surface area contributed by atoms with Crippen LogP contribution in [0.25, 0.3) is 0 Å². The number of rotatable bonds is 4. The molecule has 2 aromatic rings. The molecule has 0 bridgehead atoms. The monoisotopic (exact) mass is 279 g/mol. The van der Waals surface area contributed by atoms with Crippen LogP contribution in [-0.2, 0) is 16.6 Å². The van der Waals surface area contributed by atoms with E-state index in [9.17, 15) is 8.42 Å². The molecule has 1 heterocycles. The number of anilines is 2. The van der Waals surface area contributed by atoms with Crippen LogP contribution in [0.15, 0.2) is 41.7 Å². The topological polar surface area (TPSA) is 124 Å². The molecule has 0 radical (unpaired) electrons. The summed E-state index contributed by atoms with van der Waals surface area (Å²) in [6.45, 7) is 0.356. The predicted molar refractivity (Wildman–Crippen MR) is 71.6 cm³/mol. The number of primary sulfonamides is 1. The normalized spacial score (nSPS) is 11.2. The summed E-state index contributed by atoms with van der Waals surface area (Å²) >= 11 is 0. The Morgan fingerprint density at radius 3 is 2.68 bits per heavy atom. The molecule has 0 saturated heterocycles. The van der Waals surface area contributed by atoms with Gasteiger partial charge in [0.1, 0.15) is 11.2 Å². The van der Waals surface area contributed by atoms with E-state index in [1.54, 1.807) is 24.4 Å². The number of hydrogen-bond donors (Lipinski definition) is 3. The van der Waals surface area contributed by atoms with E-state index in [0.717, 1.165) is 5.69 Å². The van der Waals surface area contributed by atoms with Crippen LogP contribution >= 0.6 is 0 Å². The zero-order valence-electron chi connectivity index (χ0n) is 9.95. The molecule has 100 valence electrons. The fourth-order valence-corrected chi connectivity index (χ4v) is 2.28. The average molecular weight is 279 g/mol. The van der Waals surface area contributed by atoms with Gasteiger partial charge in [0.05, 0.1) is 17.9 Å². The van der Waals surface area contributed by atoms with E-state index in [4.69, 9.17) is 10.9 Å². The van der Waals surface area contributed by atoms with E-state index < -0.39 is 10.0 Å². The molecule has 7 nitrogen and oxygen atoms in total. The summed E-state index contributed by atoms with van der Waals surface area (Å²) in [7, 11) is -3.84. The highest BCUT2D eigenvalue weighted by atomic mass is 32.2. The van der Waals surface area contributed by atoms with Crippen LogP contribution in [0.1, 0.15) is 5.69 Å². The molecule has 0 unspecified atom stereocenters. The van der Waals surface area contributed by atoms with E-state index >= 15 is 0 Å². The third kappa shape index (κ3) is 3.39. The summed E-state index contributed by atoms with van der Waals surface area (Å²) in [6, 6.07) is 6.20. The Balaban J connectivity index is 2.26. The second-order valence-corrected chi connectivity index (χ2v) is 5.38. The van der Waals surface area contributed by atoms with E-state index in [1.165, 1.54) is 12.4 Å². The van der Waals surface area contributed by atoms with Gasteiger partial charge in [0.25, 0.3) is 0 Å². The van der Waals surface area contributed by atoms with Crippen LogP contribution in [0.2, 0.25) is 0 Å². The van der Waals surface area contributed by atoms with Gasteiger partial charge in [-0.1, -0.05) is 0 Å². The highest BCUT2D eigenvalue weighted by molar-refractivity contribution is 7.89. The quantitative estimate of drug-likeness (QED) is 0.692. The first-order valence-electron chi connectivity index (χ1n) is 5.38. The maximum Gasteiger partial charge on any atom is 0.240 e. The van der Waals surface area contributed by atoms with Crippen LogP contribution < -0.4 is 16.2 Å². The van der Waals surface area contributed by atoms with Gasteiger partial charge in [0, 0.05) is 11.9 Å². The summed E-state index contributed by atoms with van der Waals surface area (Å²) < 4.78 is 22.9. The minimum atomic E-state index is -3.84. The molecule has 0 spiro atoms. The van der Waals surface area contributed by atoms with Gasteiger partial charge in [-0.2, -0.15) is 0 Å². The zero-order chi connectivity index (χ0) is 13.9. The smallest absolute Gasteiger partial charge is 0.240 e. The lowest BCUT2D eigenvalue weighted by atomic mass is 10.2. The summed E-state index contributed by atoms with van der Waals surface area (Å²) in [5.74, 6) is 0. The van der Waals surface area contributed by atoms with Crippen molar-refractivity contribution in [1.82, 2.24) is 9.97 Å². The van der Waals surface area contributed by atoms with Crippen molar-refractivity contribution in [2.24, 2.45) is 5.14 Å². The lowest BCUT2D eigenvalue weighted by Crippen LogP contribution is -2.15. The molecule has 19 heavy (non-hydrogen) atoms. The van der Waals surface area contributed by atoms with Gasteiger partial charge in [0.2, 0.25) is 10.0 Å². The highest BCUT2D eigenvalue weighted by Gasteiger charge is 2.14. The van der Waals surface area contributed by atoms with Gasteiger partial charge in [-0.25, -0.2) is 23.5 Å². The standard InChI is InChI=1S/C11H13N5O2S/c12-8-1-2-10(11(5-8)19(13,17)18)15-6-9-3-4-14-7-16-9/h1-5,7,15H,6,12H2,(H2,13,17,18). The minimum Gasteiger partial charge on any atom is -0.399 e. The Bertz CT molecular complexity index is 673. The molecule has 0 aliphatic carbocycles. The van der Waals surface area contributed by atoms with Crippen molar-refractivity contribution in [3.05, 3.63) is 42.5 Å². The summed E-state index contributed by atoms with van der Waals surface area (Å²) in [5, 5.41) is 8.10. The second-order valence-electron chi connectivity index (χ2n) is 3.85. The Labute approximate surface area is 110 Å². The van der Waals surface area contributed by atoms with Gasteiger partial charge in [-0.3, -0.25) is 0 Å². The zero-order valence-corrected chi connectivity index (χ0v) is 10.8. The molecule has 0 aliphatic rings. The van der Waals surface area contributed by atoms with E-state index in [-0.39, 0.29) is 4.90 Å². The van der Waals surface area contributed by atoms with Crippen molar-refractivity contribution < 1.29 is 8.42 Å². The van der Waals surface area contributed by atoms with E-state index in [0.29, 0.717) is 17.9 Å². The Morgan fingerprint density at radius 2 is 2.05 bits per heavy atom. The number of nitrogens with two attached hydrogens (primary N) is 2. The molecule has 0 fully saturated rings. The van der Waals surface area contributed by atoms with Crippen molar-refractivity contribution in [2.45, 2.75) is 11.4 Å². The van der Waals surface area contributed by atoms with Crippen molar-refractivity contribution in [1.29, 1.82) is 0 Å². The van der Waals surface area contributed by atoms with E-state index in [2.05, 4.69) is 15.3 Å². The van der Waals surface area contributed by atoms with Crippen molar-refractivity contribution in [3.8, 4) is 0 Å². The molecular formula is C11H13N5O2S. The first kappa shape index (κ1) is 13.2. The third-order valence-corrected chi connectivity index (χ3v) is 3.37. The Hall–Kier alpha value is -2.19. The lowest BCUT2D eigenvalue weighted by molar-refractivity contribution is 0.598. The Morgan fingerprint density at radius 1 is 1.26 bits per heavy atom. The van der Waals surface area contributed by atoms with Gasteiger partial charge in [-0.15, -0.1) is 0 Å². The number of aromatic nitrogens is 2. The molecule has 0 amide bonds. The number of nitrogens with zero attached hydrogens (tertiary/aromatic N) is 2. The molecule has 1 aromatic carbocycles. The minimum absolute atomic E-state index is 0.0402. The Kier molecular flexibility index (Phi) is 3.63. The second kappa shape index (κ2) is 5.21. The molecule has 5 N–H and O–H groups in total. The highest BCUT2D eigenvalue weighted by Crippen LogP contribution is 2.23. The van der Waals surface area contributed by atoms with Gasteiger partial charge < -0.3 is 11.1 Å². The molecular weight excluding hydrogens is 266 g/mol. The van der Waals surface area contributed by atoms with Crippen molar-refractivity contribution >= 4 is 21.4 Å². The van der Waals surface area contributed by atoms with Crippen LogP contribution in [-0.4, -0.2) is 18.4 Å². The SMILES string of the molecule is Nc1ccc(NCc2ccncn2)c(S(N)(=O)=O)c1.